The molecule has 11 rings (SSSR count). The van der Waals surface area contributed by atoms with Gasteiger partial charge in [0.2, 0.25) is 0 Å². The number of hydrogen-bond donors (Lipinski definition) is 0. The van der Waals surface area contributed by atoms with E-state index in [9.17, 15) is 0 Å². The lowest BCUT2D eigenvalue weighted by Gasteiger charge is -2.31. The van der Waals surface area contributed by atoms with Gasteiger partial charge in [-0.1, -0.05) is 224 Å². The first-order valence-corrected chi connectivity index (χ1v) is 21.0. The summed E-state index contributed by atoms with van der Waals surface area (Å²) in [7, 11) is 0. The third kappa shape index (κ3) is 6.54. The highest BCUT2D eigenvalue weighted by atomic mass is 15.1. The summed E-state index contributed by atoms with van der Waals surface area (Å²) in [5.74, 6) is 0. The van der Waals surface area contributed by atoms with Crippen LogP contribution in [0.2, 0.25) is 0 Å². The second kappa shape index (κ2) is 15.6. The fourth-order valence-corrected chi connectivity index (χ4v) is 9.34. The number of anilines is 3. The van der Waals surface area contributed by atoms with E-state index in [0.29, 0.717) is 0 Å². The lowest BCUT2D eigenvalue weighted by atomic mass is 9.89. The molecule has 0 spiro atoms. The molecule has 0 amide bonds. The number of rotatable bonds is 8. The highest BCUT2D eigenvalue weighted by molar-refractivity contribution is 6.11. The van der Waals surface area contributed by atoms with E-state index in [1.165, 1.54) is 76.8 Å². The average molecular weight is 776 g/mol. The minimum Gasteiger partial charge on any atom is -0.309 e. The molecule has 0 fully saturated rings. The Labute approximate surface area is 357 Å². The maximum atomic E-state index is 2.49. The summed E-state index contributed by atoms with van der Waals surface area (Å²) in [5, 5.41) is 7.37. The molecule has 0 heterocycles. The molecule has 0 aliphatic heterocycles. The summed E-state index contributed by atoms with van der Waals surface area (Å²) in [6, 6.07) is 90.6. The van der Waals surface area contributed by atoms with Gasteiger partial charge in [0.25, 0.3) is 0 Å². The van der Waals surface area contributed by atoms with Crippen LogP contribution in [0.4, 0.5) is 17.1 Å². The minimum atomic E-state index is 1.08. The number of hydrogen-bond acceptors (Lipinski definition) is 1. The average Bonchev–Trinajstić information content (AvgIpc) is 3.34. The summed E-state index contributed by atoms with van der Waals surface area (Å²) < 4.78 is 0. The van der Waals surface area contributed by atoms with Crippen molar-refractivity contribution in [2.45, 2.75) is 0 Å². The monoisotopic (exact) mass is 775 g/mol. The number of benzene rings is 11. The molecule has 0 aliphatic carbocycles. The van der Waals surface area contributed by atoms with Crippen LogP contribution in [0.5, 0.6) is 0 Å². The van der Waals surface area contributed by atoms with Crippen molar-refractivity contribution in [3.8, 4) is 55.6 Å². The molecule has 286 valence electrons. The summed E-state index contributed by atoms with van der Waals surface area (Å²) in [5.41, 5.74) is 15.2. The van der Waals surface area contributed by atoms with E-state index in [0.717, 1.165) is 28.2 Å². The molecule has 0 bridgehead atoms. The van der Waals surface area contributed by atoms with Gasteiger partial charge in [-0.25, -0.2) is 0 Å². The predicted octanol–water partition coefficient (Wildman–Crippen LogP) is 17.0. The molecule has 11 aromatic rings. The first kappa shape index (κ1) is 36.1. The zero-order valence-electron chi connectivity index (χ0n) is 33.6. The molecular weight excluding hydrogens is 735 g/mol. The van der Waals surface area contributed by atoms with Crippen LogP contribution in [0.1, 0.15) is 0 Å². The van der Waals surface area contributed by atoms with E-state index in [-0.39, 0.29) is 0 Å². The second-order valence-electron chi connectivity index (χ2n) is 15.6. The van der Waals surface area contributed by atoms with Crippen molar-refractivity contribution in [1.29, 1.82) is 0 Å². The van der Waals surface area contributed by atoms with Gasteiger partial charge in [0.1, 0.15) is 0 Å². The topological polar surface area (TPSA) is 3.24 Å². The van der Waals surface area contributed by atoms with Crippen LogP contribution in [0, 0.1) is 0 Å². The van der Waals surface area contributed by atoms with E-state index in [1.807, 2.05) is 0 Å². The zero-order chi connectivity index (χ0) is 40.5. The van der Waals surface area contributed by atoms with Gasteiger partial charge < -0.3 is 4.90 Å². The third-order valence-corrected chi connectivity index (χ3v) is 12.1. The smallest absolute Gasteiger partial charge is 0.0540 e. The fraction of sp³-hybridized carbons (Fsp3) is 0. The largest absolute Gasteiger partial charge is 0.309 e. The lowest BCUT2D eigenvalue weighted by molar-refractivity contribution is 1.29. The fourth-order valence-electron chi connectivity index (χ4n) is 9.34. The van der Waals surface area contributed by atoms with Gasteiger partial charge in [0.05, 0.1) is 11.4 Å². The third-order valence-electron chi connectivity index (χ3n) is 12.1. The Bertz CT molecular complexity index is 3180. The predicted molar refractivity (Wildman–Crippen MR) is 261 cm³/mol. The van der Waals surface area contributed by atoms with Crippen LogP contribution < -0.4 is 4.90 Å². The molecule has 11 aromatic carbocycles. The van der Waals surface area contributed by atoms with E-state index in [4.69, 9.17) is 0 Å². The highest BCUT2D eigenvalue weighted by Gasteiger charge is 2.23. The van der Waals surface area contributed by atoms with Crippen LogP contribution >= 0.6 is 0 Å². The second-order valence-corrected chi connectivity index (χ2v) is 15.6. The first-order valence-electron chi connectivity index (χ1n) is 21.0. The Kier molecular flexibility index (Phi) is 9.26. The van der Waals surface area contributed by atoms with Crippen LogP contribution in [0.3, 0.4) is 0 Å². The van der Waals surface area contributed by atoms with Crippen LogP contribution in [-0.4, -0.2) is 0 Å². The van der Waals surface area contributed by atoms with Crippen molar-refractivity contribution in [3.05, 3.63) is 249 Å². The van der Waals surface area contributed by atoms with Crippen molar-refractivity contribution in [1.82, 2.24) is 0 Å². The Morgan fingerprint density at radius 1 is 0.230 bits per heavy atom. The molecule has 0 aliphatic rings. The molecule has 0 radical (unpaired) electrons. The van der Waals surface area contributed by atoms with Crippen LogP contribution in [0.15, 0.2) is 249 Å². The van der Waals surface area contributed by atoms with Gasteiger partial charge in [-0.2, -0.15) is 0 Å². The first-order chi connectivity index (χ1) is 30.3. The molecule has 0 N–H and O–H groups in total. The molecule has 0 saturated heterocycles. The van der Waals surface area contributed by atoms with Crippen molar-refractivity contribution in [3.63, 3.8) is 0 Å². The highest BCUT2D eigenvalue weighted by Crippen LogP contribution is 2.49. The van der Waals surface area contributed by atoms with Crippen molar-refractivity contribution in [2.24, 2.45) is 0 Å². The van der Waals surface area contributed by atoms with Gasteiger partial charge in [-0.3, -0.25) is 0 Å². The summed E-state index contributed by atoms with van der Waals surface area (Å²) in [4.78, 5) is 2.49. The van der Waals surface area contributed by atoms with E-state index in [1.54, 1.807) is 0 Å². The van der Waals surface area contributed by atoms with Gasteiger partial charge in [0, 0.05) is 16.8 Å². The molecule has 0 aromatic heterocycles. The molecular formula is C60H41N. The Balaban J connectivity index is 1.20. The maximum absolute atomic E-state index is 2.49. The van der Waals surface area contributed by atoms with Gasteiger partial charge >= 0.3 is 0 Å². The molecule has 1 heteroatoms. The van der Waals surface area contributed by atoms with Crippen molar-refractivity contribution < 1.29 is 0 Å². The van der Waals surface area contributed by atoms with Crippen LogP contribution in [-0.2, 0) is 0 Å². The molecule has 0 atom stereocenters. The quantitative estimate of drug-likeness (QED) is 0.149. The molecule has 0 unspecified atom stereocenters. The number of fused-ring (bicyclic) bond motifs is 3. The molecule has 1 nitrogen and oxygen atoms in total. The van der Waals surface area contributed by atoms with Crippen LogP contribution in [0.25, 0.3) is 88.0 Å². The molecule has 0 saturated carbocycles. The maximum Gasteiger partial charge on any atom is 0.0540 e. The van der Waals surface area contributed by atoms with E-state index >= 15 is 0 Å². The Hall–Kier alpha value is -8.00. The standard InChI is InChI=1S/C60H41N/c1-3-19-43(20-4-1)51-35-15-25-45-27-17-37-55(59(45)51)53-32-9-11-39-57(53)61(48-30-13-29-47(41-48)50-34-14-24-42-23-7-8-31-49(42)50)58-40-12-10-33-54(58)56-38-18-28-46-26-16-36-52(60(46)56)44-21-5-2-6-22-44/h1-41H. The minimum absolute atomic E-state index is 1.08. The summed E-state index contributed by atoms with van der Waals surface area (Å²) >= 11 is 0. The van der Waals surface area contributed by atoms with E-state index < -0.39 is 0 Å². The van der Waals surface area contributed by atoms with Crippen molar-refractivity contribution in [2.75, 3.05) is 4.90 Å². The van der Waals surface area contributed by atoms with Gasteiger partial charge in [-0.05, 0) is 101 Å². The van der Waals surface area contributed by atoms with Crippen molar-refractivity contribution >= 4 is 49.4 Å². The summed E-state index contributed by atoms with van der Waals surface area (Å²) in [6.45, 7) is 0. The Morgan fingerprint density at radius 3 is 1.16 bits per heavy atom. The molecule has 61 heavy (non-hydrogen) atoms. The Morgan fingerprint density at radius 2 is 0.607 bits per heavy atom. The lowest BCUT2D eigenvalue weighted by Crippen LogP contribution is -2.12. The SMILES string of the molecule is c1ccc(-c2cccc3cccc(-c4ccccc4N(c4cccc(-c5cccc6ccccc56)c4)c4ccccc4-c4cccc5cccc(-c6ccccc6)c45)c23)cc1. The number of para-hydroxylation sites is 2. The van der Waals surface area contributed by atoms with Gasteiger partial charge in [-0.15, -0.1) is 0 Å². The van der Waals surface area contributed by atoms with E-state index in [2.05, 4.69) is 254 Å². The zero-order valence-corrected chi connectivity index (χ0v) is 33.6. The van der Waals surface area contributed by atoms with Gasteiger partial charge in [0.15, 0.2) is 0 Å². The summed E-state index contributed by atoms with van der Waals surface area (Å²) in [6.07, 6.45) is 0. The number of nitrogens with zero attached hydrogens (tertiary/aromatic N) is 1. The normalized spacial score (nSPS) is 11.3.